The standard InChI is InChI=1S/C12H16ClNO2S/c1-12(2,3)16-11(15)8-17-7-10-6-9(13)4-5-14-10/h4-6H,7-8H2,1-3H3. The second kappa shape index (κ2) is 6.26. The summed E-state index contributed by atoms with van der Waals surface area (Å²) in [7, 11) is 0. The zero-order valence-electron chi connectivity index (χ0n) is 10.2. The SMILES string of the molecule is CC(C)(C)OC(=O)CSCc1cc(Cl)ccn1. The van der Waals surface area contributed by atoms with Crippen LogP contribution in [-0.2, 0) is 15.3 Å². The van der Waals surface area contributed by atoms with Gasteiger partial charge < -0.3 is 4.74 Å². The van der Waals surface area contributed by atoms with Gasteiger partial charge in [0.05, 0.1) is 11.4 Å². The quantitative estimate of drug-likeness (QED) is 0.789. The molecule has 3 nitrogen and oxygen atoms in total. The van der Waals surface area contributed by atoms with Crippen LogP contribution in [0, 0.1) is 0 Å². The Hall–Kier alpha value is -0.740. The minimum Gasteiger partial charge on any atom is -0.459 e. The smallest absolute Gasteiger partial charge is 0.316 e. The van der Waals surface area contributed by atoms with Gasteiger partial charge in [0.15, 0.2) is 0 Å². The van der Waals surface area contributed by atoms with Crippen molar-refractivity contribution in [3.63, 3.8) is 0 Å². The molecule has 0 bridgehead atoms. The van der Waals surface area contributed by atoms with Crippen LogP contribution in [0.5, 0.6) is 0 Å². The van der Waals surface area contributed by atoms with E-state index >= 15 is 0 Å². The summed E-state index contributed by atoms with van der Waals surface area (Å²) in [5.74, 6) is 0.773. The number of pyridine rings is 1. The largest absolute Gasteiger partial charge is 0.459 e. The lowest BCUT2D eigenvalue weighted by Crippen LogP contribution is -2.24. The average molecular weight is 274 g/mol. The number of hydrogen-bond donors (Lipinski definition) is 0. The Bertz CT molecular complexity index is 390. The minimum absolute atomic E-state index is 0.204. The number of ether oxygens (including phenoxy) is 1. The molecule has 0 amide bonds. The molecule has 0 aliphatic heterocycles. The fourth-order valence-electron chi connectivity index (χ4n) is 1.14. The molecule has 94 valence electrons. The topological polar surface area (TPSA) is 39.2 Å². The molecule has 1 heterocycles. The van der Waals surface area contributed by atoms with Crippen molar-refractivity contribution in [1.29, 1.82) is 0 Å². The maximum Gasteiger partial charge on any atom is 0.316 e. The number of nitrogens with zero attached hydrogens (tertiary/aromatic N) is 1. The Morgan fingerprint density at radius 1 is 1.53 bits per heavy atom. The van der Waals surface area contributed by atoms with Gasteiger partial charge in [-0.15, -0.1) is 11.8 Å². The van der Waals surface area contributed by atoms with Gasteiger partial charge in [-0.2, -0.15) is 0 Å². The molecule has 0 unspecified atom stereocenters. The zero-order chi connectivity index (χ0) is 12.9. The highest BCUT2D eigenvalue weighted by atomic mass is 35.5. The molecule has 0 atom stereocenters. The molecule has 0 saturated carbocycles. The summed E-state index contributed by atoms with van der Waals surface area (Å²) in [5.41, 5.74) is 0.442. The molecular formula is C12H16ClNO2S. The molecule has 1 rings (SSSR count). The first-order chi connectivity index (χ1) is 7.87. The summed E-state index contributed by atoms with van der Waals surface area (Å²) in [5, 5.41) is 0.660. The van der Waals surface area contributed by atoms with E-state index in [0.29, 0.717) is 16.5 Å². The van der Waals surface area contributed by atoms with Crippen molar-refractivity contribution in [2.24, 2.45) is 0 Å². The second-order valence-corrected chi connectivity index (χ2v) is 5.97. The van der Waals surface area contributed by atoms with Crippen molar-refractivity contribution in [2.75, 3.05) is 5.75 Å². The highest BCUT2D eigenvalue weighted by Gasteiger charge is 2.15. The minimum atomic E-state index is -0.425. The van der Waals surface area contributed by atoms with E-state index in [2.05, 4.69) is 4.98 Å². The summed E-state index contributed by atoms with van der Waals surface area (Å²) < 4.78 is 5.19. The first-order valence-corrected chi connectivity index (χ1v) is 6.80. The Balaban J connectivity index is 2.31. The van der Waals surface area contributed by atoms with Gasteiger partial charge in [-0.25, -0.2) is 0 Å². The number of aromatic nitrogens is 1. The number of thioether (sulfide) groups is 1. The van der Waals surface area contributed by atoms with Gasteiger partial charge in [0.2, 0.25) is 0 Å². The second-order valence-electron chi connectivity index (χ2n) is 4.54. The van der Waals surface area contributed by atoms with Crippen LogP contribution in [0.3, 0.4) is 0 Å². The van der Waals surface area contributed by atoms with Crippen LogP contribution in [0.1, 0.15) is 26.5 Å². The molecule has 0 spiro atoms. The van der Waals surface area contributed by atoms with Crippen LogP contribution in [0.4, 0.5) is 0 Å². The van der Waals surface area contributed by atoms with Crippen molar-refractivity contribution in [3.8, 4) is 0 Å². The molecular weight excluding hydrogens is 258 g/mol. The van der Waals surface area contributed by atoms with E-state index in [1.807, 2.05) is 20.8 Å². The van der Waals surface area contributed by atoms with Gasteiger partial charge in [-0.1, -0.05) is 11.6 Å². The molecule has 0 aliphatic rings. The zero-order valence-corrected chi connectivity index (χ0v) is 11.8. The summed E-state index contributed by atoms with van der Waals surface area (Å²) in [6.07, 6.45) is 1.66. The van der Waals surface area contributed by atoms with Gasteiger partial charge in [-0.3, -0.25) is 9.78 Å². The third-order valence-corrected chi connectivity index (χ3v) is 2.84. The lowest BCUT2D eigenvalue weighted by molar-refractivity contribution is -0.151. The van der Waals surface area contributed by atoms with Gasteiger partial charge in [-0.05, 0) is 32.9 Å². The van der Waals surface area contributed by atoms with Crippen LogP contribution in [0.25, 0.3) is 0 Å². The molecule has 0 N–H and O–H groups in total. The lowest BCUT2D eigenvalue weighted by atomic mass is 10.2. The summed E-state index contributed by atoms with van der Waals surface area (Å²) in [4.78, 5) is 15.6. The molecule has 0 aromatic carbocycles. The number of hydrogen-bond acceptors (Lipinski definition) is 4. The summed E-state index contributed by atoms with van der Waals surface area (Å²) in [6, 6.07) is 3.52. The van der Waals surface area contributed by atoms with E-state index in [-0.39, 0.29) is 5.97 Å². The van der Waals surface area contributed by atoms with Gasteiger partial charge >= 0.3 is 5.97 Å². The number of carbonyl (C=O) groups excluding carboxylic acids is 1. The highest BCUT2D eigenvalue weighted by molar-refractivity contribution is 7.99. The molecule has 17 heavy (non-hydrogen) atoms. The maximum atomic E-state index is 11.4. The summed E-state index contributed by atoms with van der Waals surface area (Å²) in [6.45, 7) is 5.57. The maximum absolute atomic E-state index is 11.4. The first kappa shape index (κ1) is 14.3. The third-order valence-electron chi connectivity index (χ3n) is 1.67. The molecule has 0 radical (unpaired) electrons. The van der Waals surface area contributed by atoms with Gasteiger partial charge in [0.25, 0.3) is 0 Å². The Morgan fingerprint density at radius 2 is 2.24 bits per heavy atom. The van der Waals surface area contributed by atoms with E-state index in [0.717, 1.165) is 5.69 Å². The molecule has 1 aromatic heterocycles. The van der Waals surface area contributed by atoms with E-state index in [1.54, 1.807) is 18.3 Å². The monoisotopic (exact) mass is 273 g/mol. The van der Waals surface area contributed by atoms with Crippen LogP contribution in [0.2, 0.25) is 5.02 Å². The molecule has 1 aromatic rings. The van der Waals surface area contributed by atoms with Gasteiger partial charge in [0, 0.05) is 17.0 Å². The Kier molecular flexibility index (Phi) is 5.28. The fraction of sp³-hybridized carbons (Fsp3) is 0.500. The predicted octanol–water partition coefficient (Wildman–Crippen LogP) is 3.31. The van der Waals surface area contributed by atoms with Crippen molar-refractivity contribution in [1.82, 2.24) is 4.98 Å². The highest BCUT2D eigenvalue weighted by Crippen LogP contribution is 2.15. The van der Waals surface area contributed by atoms with Crippen molar-refractivity contribution in [2.45, 2.75) is 32.1 Å². The van der Waals surface area contributed by atoms with Crippen LogP contribution in [-0.4, -0.2) is 22.3 Å². The molecule has 0 aliphatic carbocycles. The van der Waals surface area contributed by atoms with Crippen LogP contribution < -0.4 is 0 Å². The van der Waals surface area contributed by atoms with Gasteiger partial charge in [0.1, 0.15) is 5.60 Å². The first-order valence-electron chi connectivity index (χ1n) is 5.27. The normalized spacial score (nSPS) is 11.3. The van der Waals surface area contributed by atoms with Crippen LogP contribution >= 0.6 is 23.4 Å². The van der Waals surface area contributed by atoms with E-state index in [4.69, 9.17) is 16.3 Å². The summed E-state index contributed by atoms with van der Waals surface area (Å²) >= 11 is 7.30. The molecule has 0 saturated heterocycles. The molecule has 0 fully saturated rings. The Labute approximate surface area is 111 Å². The molecule has 5 heteroatoms. The van der Waals surface area contributed by atoms with E-state index < -0.39 is 5.60 Å². The third kappa shape index (κ3) is 6.54. The number of esters is 1. The average Bonchev–Trinajstić information content (AvgIpc) is 2.14. The number of carbonyl (C=O) groups is 1. The van der Waals surface area contributed by atoms with E-state index in [1.165, 1.54) is 11.8 Å². The van der Waals surface area contributed by atoms with Crippen molar-refractivity contribution >= 4 is 29.3 Å². The van der Waals surface area contributed by atoms with Crippen LogP contribution in [0.15, 0.2) is 18.3 Å². The lowest BCUT2D eigenvalue weighted by Gasteiger charge is -2.19. The van der Waals surface area contributed by atoms with Crippen molar-refractivity contribution < 1.29 is 9.53 Å². The number of rotatable bonds is 4. The van der Waals surface area contributed by atoms with Crippen molar-refractivity contribution in [3.05, 3.63) is 29.0 Å². The fourth-order valence-corrected chi connectivity index (χ4v) is 2.01. The predicted molar refractivity (Wildman–Crippen MR) is 71.3 cm³/mol. The number of halogens is 1. The van der Waals surface area contributed by atoms with E-state index in [9.17, 15) is 4.79 Å². The Morgan fingerprint density at radius 3 is 2.82 bits per heavy atom.